The van der Waals surface area contributed by atoms with Gasteiger partial charge in [0.05, 0.1) is 6.10 Å². The van der Waals surface area contributed by atoms with Crippen molar-refractivity contribution >= 4 is 5.78 Å². The van der Waals surface area contributed by atoms with Crippen LogP contribution in [0.15, 0.2) is 30.3 Å². The largest absolute Gasteiger partial charge is 0.357 e. The summed E-state index contributed by atoms with van der Waals surface area (Å²) >= 11 is 0. The van der Waals surface area contributed by atoms with Crippen molar-refractivity contribution in [3.05, 3.63) is 35.9 Å². The first-order chi connectivity index (χ1) is 7.74. The van der Waals surface area contributed by atoms with Crippen molar-refractivity contribution in [1.29, 1.82) is 0 Å². The minimum absolute atomic E-state index is 0.134. The SMILES string of the molecule is CCCC1OC1(CC)C(=O)c1ccccc1. The van der Waals surface area contributed by atoms with E-state index in [4.69, 9.17) is 4.74 Å². The fourth-order valence-electron chi connectivity index (χ4n) is 2.28. The number of carbonyl (C=O) groups is 1. The molecule has 1 fully saturated rings. The third kappa shape index (κ3) is 1.78. The lowest BCUT2D eigenvalue weighted by Crippen LogP contribution is -2.26. The summed E-state index contributed by atoms with van der Waals surface area (Å²) in [7, 11) is 0. The number of ether oxygens (including phenoxy) is 1. The van der Waals surface area contributed by atoms with Crippen molar-refractivity contribution in [3.8, 4) is 0 Å². The lowest BCUT2D eigenvalue weighted by atomic mass is 9.90. The van der Waals surface area contributed by atoms with Gasteiger partial charge in [0.25, 0.3) is 0 Å². The Kier molecular flexibility index (Phi) is 3.10. The molecule has 2 atom stereocenters. The molecule has 2 heteroatoms. The first kappa shape index (κ1) is 11.3. The molecule has 86 valence electrons. The monoisotopic (exact) mass is 218 g/mol. The van der Waals surface area contributed by atoms with Gasteiger partial charge in [-0.1, -0.05) is 50.6 Å². The molecule has 0 radical (unpaired) electrons. The van der Waals surface area contributed by atoms with Gasteiger partial charge in [-0.25, -0.2) is 0 Å². The molecule has 1 saturated heterocycles. The van der Waals surface area contributed by atoms with E-state index in [9.17, 15) is 4.79 Å². The zero-order valence-electron chi connectivity index (χ0n) is 9.90. The second kappa shape index (κ2) is 4.38. The van der Waals surface area contributed by atoms with Gasteiger partial charge in [0, 0.05) is 5.56 Å². The van der Waals surface area contributed by atoms with Gasteiger partial charge in [0.2, 0.25) is 0 Å². The smallest absolute Gasteiger partial charge is 0.197 e. The summed E-state index contributed by atoms with van der Waals surface area (Å²) in [6.07, 6.45) is 2.95. The molecule has 0 aromatic heterocycles. The Morgan fingerprint density at radius 3 is 2.56 bits per heavy atom. The maximum atomic E-state index is 12.3. The van der Waals surface area contributed by atoms with E-state index in [1.54, 1.807) is 0 Å². The van der Waals surface area contributed by atoms with Crippen molar-refractivity contribution in [2.24, 2.45) is 0 Å². The summed E-state index contributed by atoms with van der Waals surface area (Å²) in [6.45, 7) is 4.14. The Hall–Kier alpha value is -1.15. The number of benzene rings is 1. The Morgan fingerprint density at radius 1 is 1.31 bits per heavy atom. The molecule has 1 aliphatic heterocycles. The molecular formula is C14H18O2. The number of epoxide rings is 1. The fourth-order valence-corrected chi connectivity index (χ4v) is 2.28. The van der Waals surface area contributed by atoms with E-state index in [2.05, 4.69) is 6.92 Å². The predicted molar refractivity (Wildman–Crippen MR) is 63.6 cm³/mol. The standard InChI is InChI=1S/C14H18O2/c1-3-8-12-14(4-2,16-12)13(15)11-9-6-5-7-10-11/h5-7,9-10,12H,3-4,8H2,1-2H3. The van der Waals surface area contributed by atoms with Gasteiger partial charge >= 0.3 is 0 Å². The lowest BCUT2D eigenvalue weighted by molar-refractivity contribution is 0.0868. The van der Waals surface area contributed by atoms with Crippen LogP contribution >= 0.6 is 0 Å². The second-order valence-electron chi connectivity index (χ2n) is 4.33. The summed E-state index contributed by atoms with van der Waals surface area (Å²) in [5.41, 5.74) is 0.250. The molecule has 0 bridgehead atoms. The summed E-state index contributed by atoms with van der Waals surface area (Å²) in [5.74, 6) is 0.147. The van der Waals surface area contributed by atoms with E-state index < -0.39 is 5.60 Å². The van der Waals surface area contributed by atoms with Crippen molar-refractivity contribution in [3.63, 3.8) is 0 Å². The zero-order valence-corrected chi connectivity index (χ0v) is 9.90. The molecule has 0 spiro atoms. The molecule has 0 saturated carbocycles. The number of ketones is 1. The first-order valence-electron chi connectivity index (χ1n) is 6.02. The molecule has 0 aliphatic carbocycles. The molecule has 1 aromatic rings. The Bertz CT molecular complexity index is 372. The van der Waals surface area contributed by atoms with Crippen LogP contribution < -0.4 is 0 Å². The second-order valence-corrected chi connectivity index (χ2v) is 4.33. The van der Waals surface area contributed by atoms with Crippen LogP contribution in [0.5, 0.6) is 0 Å². The van der Waals surface area contributed by atoms with Crippen LogP contribution in [0.1, 0.15) is 43.5 Å². The van der Waals surface area contributed by atoms with Crippen LogP contribution in [0.25, 0.3) is 0 Å². The van der Waals surface area contributed by atoms with Crippen molar-refractivity contribution in [2.45, 2.75) is 44.8 Å². The number of rotatable bonds is 5. The van der Waals surface area contributed by atoms with Crippen molar-refractivity contribution in [2.75, 3.05) is 0 Å². The van der Waals surface area contributed by atoms with Crippen LogP contribution in [0.4, 0.5) is 0 Å². The number of hydrogen-bond acceptors (Lipinski definition) is 2. The van der Waals surface area contributed by atoms with Crippen molar-refractivity contribution < 1.29 is 9.53 Å². The van der Waals surface area contributed by atoms with E-state index in [0.717, 1.165) is 24.8 Å². The molecule has 1 aliphatic rings. The van der Waals surface area contributed by atoms with Crippen LogP contribution in [0.3, 0.4) is 0 Å². The average molecular weight is 218 g/mol. The van der Waals surface area contributed by atoms with Crippen LogP contribution in [-0.4, -0.2) is 17.5 Å². The molecule has 16 heavy (non-hydrogen) atoms. The topological polar surface area (TPSA) is 29.6 Å². The zero-order chi connectivity index (χ0) is 11.6. The van der Waals surface area contributed by atoms with Crippen LogP contribution in [0, 0.1) is 0 Å². The van der Waals surface area contributed by atoms with Crippen LogP contribution in [0.2, 0.25) is 0 Å². The lowest BCUT2D eigenvalue weighted by Gasteiger charge is -2.09. The highest BCUT2D eigenvalue weighted by Gasteiger charge is 2.59. The third-order valence-corrected chi connectivity index (χ3v) is 3.31. The van der Waals surface area contributed by atoms with Crippen molar-refractivity contribution in [1.82, 2.24) is 0 Å². The minimum atomic E-state index is -0.517. The van der Waals surface area contributed by atoms with Crippen LogP contribution in [-0.2, 0) is 4.74 Å². The van der Waals surface area contributed by atoms with E-state index in [1.165, 1.54) is 0 Å². The molecule has 2 rings (SSSR count). The molecule has 0 amide bonds. The number of hydrogen-bond donors (Lipinski definition) is 0. The normalized spacial score (nSPS) is 27.8. The fraction of sp³-hybridized carbons (Fsp3) is 0.500. The summed E-state index contributed by atoms with van der Waals surface area (Å²) in [6, 6.07) is 9.45. The third-order valence-electron chi connectivity index (χ3n) is 3.31. The van der Waals surface area contributed by atoms with Gasteiger partial charge in [-0.3, -0.25) is 4.79 Å². The van der Waals surface area contributed by atoms with E-state index >= 15 is 0 Å². The molecule has 2 nitrogen and oxygen atoms in total. The van der Waals surface area contributed by atoms with Gasteiger partial charge < -0.3 is 4.74 Å². The summed E-state index contributed by atoms with van der Waals surface area (Å²) < 4.78 is 5.66. The van der Waals surface area contributed by atoms with E-state index in [0.29, 0.717) is 0 Å². The Balaban J connectivity index is 2.16. The molecule has 0 N–H and O–H groups in total. The molecule has 2 unspecified atom stereocenters. The highest BCUT2D eigenvalue weighted by molar-refractivity contribution is 6.04. The van der Waals surface area contributed by atoms with Gasteiger partial charge in [-0.15, -0.1) is 0 Å². The average Bonchev–Trinajstić information content (AvgIpc) is 3.05. The van der Waals surface area contributed by atoms with Gasteiger partial charge in [-0.05, 0) is 12.8 Å². The van der Waals surface area contributed by atoms with E-state index in [1.807, 2.05) is 37.3 Å². The predicted octanol–water partition coefficient (Wildman–Crippen LogP) is 3.22. The highest BCUT2D eigenvalue weighted by Crippen LogP contribution is 2.44. The summed E-state index contributed by atoms with van der Waals surface area (Å²) in [5, 5.41) is 0. The summed E-state index contributed by atoms with van der Waals surface area (Å²) in [4.78, 5) is 12.3. The van der Waals surface area contributed by atoms with Gasteiger partial charge in [0.1, 0.15) is 0 Å². The maximum Gasteiger partial charge on any atom is 0.197 e. The Labute approximate surface area is 96.6 Å². The molecule has 1 aromatic carbocycles. The minimum Gasteiger partial charge on any atom is -0.357 e. The molecular weight excluding hydrogens is 200 g/mol. The van der Waals surface area contributed by atoms with Gasteiger partial charge in [-0.2, -0.15) is 0 Å². The van der Waals surface area contributed by atoms with E-state index in [-0.39, 0.29) is 11.9 Å². The molecule has 1 heterocycles. The number of carbonyl (C=O) groups excluding carboxylic acids is 1. The first-order valence-corrected chi connectivity index (χ1v) is 6.02. The number of Topliss-reactive ketones (excluding diaryl/α,β-unsaturated/α-hetero) is 1. The van der Waals surface area contributed by atoms with Gasteiger partial charge in [0.15, 0.2) is 11.4 Å². The Morgan fingerprint density at radius 2 is 2.00 bits per heavy atom. The quantitative estimate of drug-likeness (QED) is 0.561. The highest BCUT2D eigenvalue weighted by atomic mass is 16.6. The maximum absolute atomic E-state index is 12.3.